The number of allylic oxidation sites excluding steroid dienone is 2. The van der Waals surface area contributed by atoms with Gasteiger partial charge in [0.25, 0.3) is 5.91 Å². The summed E-state index contributed by atoms with van der Waals surface area (Å²) in [6.07, 6.45) is 6.73. The highest BCUT2D eigenvalue weighted by Gasteiger charge is 2.32. The van der Waals surface area contributed by atoms with Gasteiger partial charge in [-0.1, -0.05) is 6.08 Å². The molecule has 2 heterocycles. The summed E-state index contributed by atoms with van der Waals surface area (Å²) in [5.74, 6) is -0.817. The number of amidine groups is 1. The third-order valence-electron chi connectivity index (χ3n) is 2.04. The molecule has 0 N–H and O–H groups in total. The number of hydrogen-bond donors (Lipinski definition) is 0. The molecular weight excluding hydrogens is 168 g/mol. The normalized spacial score (nSPS) is 26.1. The van der Waals surface area contributed by atoms with E-state index in [1.165, 1.54) is 4.90 Å². The minimum absolute atomic E-state index is 0.212. The molecule has 1 atom stereocenters. The van der Waals surface area contributed by atoms with Gasteiger partial charge in [-0.25, -0.2) is 0 Å². The predicted molar refractivity (Wildman–Crippen MR) is 46.7 cm³/mol. The standard InChI is InChI=1S/C9H8N2O2/c1-6-8(12)10-7-4-2-3-5-11(7)9(6)13/h2-6H,1H3/t6-/m1/s1. The van der Waals surface area contributed by atoms with Crippen molar-refractivity contribution < 1.29 is 9.59 Å². The molecule has 0 saturated heterocycles. The van der Waals surface area contributed by atoms with Gasteiger partial charge in [0.05, 0.1) is 0 Å². The Balaban J connectivity index is 2.46. The van der Waals surface area contributed by atoms with Gasteiger partial charge in [-0.15, -0.1) is 0 Å². The Labute approximate surface area is 75.2 Å². The van der Waals surface area contributed by atoms with Crippen LogP contribution < -0.4 is 0 Å². The first-order valence-electron chi connectivity index (χ1n) is 4.00. The number of rotatable bonds is 0. The van der Waals surface area contributed by atoms with E-state index in [0.29, 0.717) is 5.84 Å². The summed E-state index contributed by atoms with van der Waals surface area (Å²) < 4.78 is 0. The van der Waals surface area contributed by atoms with E-state index in [0.717, 1.165) is 0 Å². The molecule has 2 aliphatic rings. The first kappa shape index (κ1) is 7.91. The van der Waals surface area contributed by atoms with Crippen LogP contribution in [0, 0.1) is 5.92 Å². The van der Waals surface area contributed by atoms with E-state index in [9.17, 15) is 9.59 Å². The fourth-order valence-corrected chi connectivity index (χ4v) is 1.24. The summed E-state index contributed by atoms with van der Waals surface area (Å²) >= 11 is 0. The van der Waals surface area contributed by atoms with Gasteiger partial charge >= 0.3 is 0 Å². The molecule has 0 aromatic carbocycles. The highest BCUT2D eigenvalue weighted by Crippen LogP contribution is 2.15. The molecular formula is C9H8N2O2. The maximum absolute atomic E-state index is 11.5. The van der Waals surface area contributed by atoms with Gasteiger partial charge in [-0.3, -0.25) is 14.5 Å². The van der Waals surface area contributed by atoms with E-state index in [1.54, 1.807) is 31.4 Å². The Kier molecular flexibility index (Phi) is 1.62. The van der Waals surface area contributed by atoms with Crippen molar-refractivity contribution in [3.8, 4) is 0 Å². The molecule has 4 nitrogen and oxygen atoms in total. The van der Waals surface area contributed by atoms with E-state index < -0.39 is 5.92 Å². The maximum atomic E-state index is 11.5. The summed E-state index contributed by atoms with van der Waals surface area (Å²) in [5, 5.41) is 0. The summed E-state index contributed by atoms with van der Waals surface area (Å²) in [4.78, 5) is 27.9. The predicted octanol–water partition coefficient (Wildman–Crippen LogP) is 0.473. The summed E-state index contributed by atoms with van der Waals surface area (Å²) in [7, 11) is 0. The van der Waals surface area contributed by atoms with Gasteiger partial charge in [0.15, 0.2) is 0 Å². The van der Waals surface area contributed by atoms with E-state index in [-0.39, 0.29) is 11.8 Å². The first-order chi connectivity index (χ1) is 6.20. The molecule has 0 aromatic rings. The van der Waals surface area contributed by atoms with Gasteiger partial charge in [0.1, 0.15) is 11.8 Å². The van der Waals surface area contributed by atoms with Crippen molar-refractivity contribution >= 4 is 17.6 Å². The molecule has 0 fully saturated rings. The van der Waals surface area contributed by atoms with Crippen LogP contribution in [0.15, 0.2) is 29.4 Å². The molecule has 0 aliphatic carbocycles. The molecule has 2 amide bonds. The number of hydrogen-bond acceptors (Lipinski definition) is 2. The smallest absolute Gasteiger partial charge is 0.259 e. The van der Waals surface area contributed by atoms with E-state index in [2.05, 4.69) is 4.99 Å². The molecule has 0 bridgehead atoms. The lowest BCUT2D eigenvalue weighted by Gasteiger charge is -2.26. The van der Waals surface area contributed by atoms with Gasteiger partial charge < -0.3 is 0 Å². The topological polar surface area (TPSA) is 49.7 Å². The quantitative estimate of drug-likeness (QED) is 0.504. The molecule has 66 valence electrons. The van der Waals surface area contributed by atoms with Crippen LogP contribution in [0.2, 0.25) is 0 Å². The van der Waals surface area contributed by atoms with Crippen molar-refractivity contribution in [2.75, 3.05) is 0 Å². The minimum atomic E-state index is -0.653. The molecule has 2 rings (SSSR count). The minimum Gasteiger partial charge on any atom is -0.273 e. The first-order valence-corrected chi connectivity index (χ1v) is 4.00. The van der Waals surface area contributed by atoms with Crippen molar-refractivity contribution in [3.63, 3.8) is 0 Å². The van der Waals surface area contributed by atoms with Gasteiger partial charge in [-0.2, -0.15) is 4.99 Å². The van der Waals surface area contributed by atoms with Crippen LogP contribution in [0.4, 0.5) is 0 Å². The van der Waals surface area contributed by atoms with Gasteiger partial charge in [0.2, 0.25) is 5.91 Å². The Hall–Kier alpha value is -1.71. The van der Waals surface area contributed by atoms with Crippen LogP contribution in [0.3, 0.4) is 0 Å². The molecule has 0 radical (unpaired) electrons. The zero-order valence-electron chi connectivity index (χ0n) is 7.10. The molecule has 0 unspecified atom stereocenters. The zero-order chi connectivity index (χ0) is 9.42. The zero-order valence-corrected chi connectivity index (χ0v) is 7.10. The summed E-state index contributed by atoms with van der Waals surface area (Å²) in [6.45, 7) is 1.57. The largest absolute Gasteiger partial charge is 0.273 e. The number of aliphatic imine (C=N–C) groups is 1. The average molecular weight is 176 g/mol. The highest BCUT2D eigenvalue weighted by atomic mass is 16.2. The second-order valence-corrected chi connectivity index (χ2v) is 2.94. The van der Waals surface area contributed by atoms with E-state index in [1.807, 2.05) is 0 Å². The number of carbonyl (C=O) groups is 2. The lowest BCUT2D eigenvalue weighted by Crippen LogP contribution is -2.43. The number of nitrogens with zero attached hydrogens (tertiary/aromatic N) is 2. The highest BCUT2D eigenvalue weighted by molar-refractivity contribution is 6.19. The van der Waals surface area contributed by atoms with E-state index in [4.69, 9.17) is 0 Å². The van der Waals surface area contributed by atoms with Crippen LogP contribution in [0.5, 0.6) is 0 Å². The van der Waals surface area contributed by atoms with Crippen molar-refractivity contribution in [2.45, 2.75) is 6.92 Å². The Morgan fingerprint density at radius 2 is 2.15 bits per heavy atom. The fourth-order valence-electron chi connectivity index (χ4n) is 1.24. The summed E-state index contributed by atoms with van der Waals surface area (Å²) in [6, 6.07) is 0. The molecule has 0 spiro atoms. The number of amides is 2. The van der Waals surface area contributed by atoms with Gasteiger partial charge in [0, 0.05) is 6.20 Å². The van der Waals surface area contributed by atoms with Gasteiger partial charge in [-0.05, 0) is 19.1 Å². The van der Waals surface area contributed by atoms with Crippen molar-refractivity contribution in [1.29, 1.82) is 0 Å². The van der Waals surface area contributed by atoms with Crippen LogP contribution >= 0.6 is 0 Å². The Morgan fingerprint density at radius 1 is 1.38 bits per heavy atom. The van der Waals surface area contributed by atoms with E-state index >= 15 is 0 Å². The lowest BCUT2D eigenvalue weighted by molar-refractivity contribution is -0.137. The van der Waals surface area contributed by atoms with Crippen LogP contribution in [-0.2, 0) is 9.59 Å². The molecule has 13 heavy (non-hydrogen) atoms. The number of fused-ring (bicyclic) bond motifs is 1. The molecule has 0 saturated carbocycles. The van der Waals surface area contributed by atoms with Crippen molar-refractivity contribution in [2.24, 2.45) is 10.9 Å². The SMILES string of the molecule is C[C@@H]1C(=O)N=C2C=CC=CN2C1=O. The molecule has 0 aromatic heterocycles. The Morgan fingerprint density at radius 3 is 2.92 bits per heavy atom. The fraction of sp³-hybridized carbons (Fsp3) is 0.222. The van der Waals surface area contributed by atoms with Crippen LogP contribution in [0.1, 0.15) is 6.92 Å². The molecule has 2 aliphatic heterocycles. The van der Waals surface area contributed by atoms with Crippen molar-refractivity contribution in [3.05, 3.63) is 24.4 Å². The van der Waals surface area contributed by atoms with Crippen LogP contribution in [-0.4, -0.2) is 22.5 Å². The number of carbonyl (C=O) groups excluding carboxylic acids is 2. The Bertz CT molecular complexity index is 366. The molecule has 4 heteroatoms. The third kappa shape index (κ3) is 1.11. The lowest BCUT2D eigenvalue weighted by atomic mass is 10.1. The second-order valence-electron chi connectivity index (χ2n) is 2.94. The monoisotopic (exact) mass is 176 g/mol. The van der Waals surface area contributed by atoms with Crippen molar-refractivity contribution in [1.82, 2.24) is 4.90 Å². The second kappa shape index (κ2) is 2.65. The summed E-state index contributed by atoms with van der Waals surface area (Å²) in [5.41, 5.74) is 0. The average Bonchev–Trinajstić information content (AvgIpc) is 2.15. The maximum Gasteiger partial charge on any atom is 0.259 e. The third-order valence-corrected chi connectivity index (χ3v) is 2.04. The van der Waals surface area contributed by atoms with Crippen LogP contribution in [0.25, 0.3) is 0 Å².